The molecule has 7 nitrogen and oxygen atoms in total. The summed E-state index contributed by atoms with van der Waals surface area (Å²) in [5, 5.41) is 8.59. The first-order chi connectivity index (χ1) is 13.1. The maximum Gasteiger partial charge on any atom is 0.246 e. The largest absolute Gasteiger partial charge is 0.329 e. The minimum atomic E-state index is -0.420. The van der Waals surface area contributed by atoms with E-state index in [0.717, 1.165) is 32.1 Å². The Hall–Kier alpha value is -2.25. The molecule has 146 valence electrons. The molecule has 1 aromatic carbocycles. The summed E-state index contributed by atoms with van der Waals surface area (Å²) in [6.07, 6.45) is 4.90. The van der Waals surface area contributed by atoms with Crippen LogP contribution in [0.1, 0.15) is 31.2 Å². The average Bonchev–Trinajstić information content (AvgIpc) is 3.56. The molecular weight excluding hydrogens is 344 g/mol. The molecule has 0 radical (unpaired) electrons. The number of amides is 3. The zero-order chi connectivity index (χ0) is 19.1. The molecule has 0 heterocycles. The lowest BCUT2D eigenvalue weighted by molar-refractivity contribution is -0.138. The fraction of sp³-hybridized carbons (Fsp3) is 0.550. The van der Waals surface area contributed by atoms with Crippen LogP contribution in [0, 0.1) is 0 Å². The second kappa shape index (κ2) is 9.62. The monoisotopic (exact) mass is 372 g/mol. The van der Waals surface area contributed by atoms with Crippen LogP contribution in [0.5, 0.6) is 0 Å². The molecule has 3 rings (SSSR count). The fourth-order valence-corrected chi connectivity index (χ4v) is 2.90. The second-order valence-electron chi connectivity index (χ2n) is 7.29. The summed E-state index contributed by atoms with van der Waals surface area (Å²) in [5.41, 5.74) is 1.19. The van der Waals surface area contributed by atoms with Crippen molar-refractivity contribution in [1.29, 1.82) is 0 Å². The summed E-state index contributed by atoms with van der Waals surface area (Å²) < 4.78 is 0. The summed E-state index contributed by atoms with van der Waals surface area (Å²) in [7, 11) is 0. The smallest absolute Gasteiger partial charge is 0.246 e. The van der Waals surface area contributed by atoms with Crippen molar-refractivity contribution in [2.75, 3.05) is 26.2 Å². The molecule has 2 fully saturated rings. The van der Waals surface area contributed by atoms with Crippen LogP contribution in [0.3, 0.4) is 0 Å². The standard InChI is InChI=1S/C20H28N4O3/c25-18(12-21-11-10-15-4-2-1-3-5-15)23-19(26)14-24(17-8-9-17)20(27)13-22-16-6-7-16/h1-5,16-17,21-22H,6-14H2,(H,23,25,26). The third-order valence-corrected chi connectivity index (χ3v) is 4.74. The van der Waals surface area contributed by atoms with Crippen molar-refractivity contribution >= 4 is 17.7 Å². The highest BCUT2D eigenvalue weighted by Crippen LogP contribution is 2.26. The topological polar surface area (TPSA) is 90.5 Å². The Morgan fingerprint density at radius 3 is 2.37 bits per heavy atom. The molecule has 27 heavy (non-hydrogen) atoms. The van der Waals surface area contributed by atoms with Gasteiger partial charge in [0.1, 0.15) is 6.54 Å². The van der Waals surface area contributed by atoms with Crippen LogP contribution in [0.4, 0.5) is 0 Å². The van der Waals surface area contributed by atoms with Crippen LogP contribution in [-0.2, 0) is 20.8 Å². The fourth-order valence-electron chi connectivity index (χ4n) is 2.90. The molecule has 0 saturated heterocycles. The van der Waals surface area contributed by atoms with Gasteiger partial charge in [-0.1, -0.05) is 30.3 Å². The normalized spacial score (nSPS) is 16.0. The van der Waals surface area contributed by atoms with Crippen molar-refractivity contribution in [3.63, 3.8) is 0 Å². The van der Waals surface area contributed by atoms with Gasteiger partial charge in [-0.05, 0) is 44.2 Å². The van der Waals surface area contributed by atoms with Crippen LogP contribution in [0.2, 0.25) is 0 Å². The first-order valence-electron chi connectivity index (χ1n) is 9.72. The van der Waals surface area contributed by atoms with E-state index in [1.807, 2.05) is 30.3 Å². The Bertz CT molecular complexity index is 656. The van der Waals surface area contributed by atoms with Crippen LogP contribution in [-0.4, -0.2) is 60.9 Å². The molecule has 0 bridgehead atoms. The number of hydrogen-bond acceptors (Lipinski definition) is 5. The molecule has 7 heteroatoms. The Morgan fingerprint density at radius 2 is 1.70 bits per heavy atom. The third-order valence-electron chi connectivity index (χ3n) is 4.74. The van der Waals surface area contributed by atoms with Crippen molar-refractivity contribution in [3.05, 3.63) is 35.9 Å². The van der Waals surface area contributed by atoms with Crippen molar-refractivity contribution in [2.24, 2.45) is 0 Å². The number of carbonyl (C=O) groups is 3. The molecule has 3 amide bonds. The van der Waals surface area contributed by atoms with Gasteiger partial charge in [-0.25, -0.2) is 0 Å². The van der Waals surface area contributed by atoms with E-state index in [0.29, 0.717) is 12.6 Å². The summed E-state index contributed by atoms with van der Waals surface area (Å²) in [4.78, 5) is 38.0. The summed E-state index contributed by atoms with van der Waals surface area (Å²) in [5.74, 6) is -0.850. The molecule has 2 saturated carbocycles. The Morgan fingerprint density at radius 1 is 0.963 bits per heavy atom. The number of nitrogens with one attached hydrogen (secondary N) is 3. The highest BCUT2D eigenvalue weighted by molar-refractivity contribution is 5.98. The quantitative estimate of drug-likeness (QED) is 0.483. The first kappa shape index (κ1) is 19.5. The van der Waals surface area contributed by atoms with Crippen molar-refractivity contribution in [1.82, 2.24) is 20.9 Å². The molecule has 3 N–H and O–H groups in total. The van der Waals surface area contributed by atoms with Gasteiger partial charge in [-0.3, -0.25) is 19.7 Å². The SMILES string of the molecule is O=C(CNCCc1ccccc1)NC(=O)CN(C(=O)CNC1CC1)C1CC1. The van der Waals surface area contributed by atoms with Crippen LogP contribution < -0.4 is 16.0 Å². The van der Waals surface area contributed by atoms with Gasteiger partial charge in [0.2, 0.25) is 17.7 Å². The molecular formula is C20H28N4O3. The van der Waals surface area contributed by atoms with E-state index in [2.05, 4.69) is 16.0 Å². The maximum absolute atomic E-state index is 12.3. The van der Waals surface area contributed by atoms with E-state index in [4.69, 9.17) is 0 Å². The van der Waals surface area contributed by atoms with Gasteiger partial charge in [0.15, 0.2) is 0 Å². The number of carbonyl (C=O) groups excluding carboxylic acids is 3. The number of hydrogen-bond donors (Lipinski definition) is 3. The third kappa shape index (κ3) is 7.11. The van der Waals surface area contributed by atoms with Gasteiger partial charge in [0.05, 0.1) is 13.1 Å². The molecule has 0 unspecified atom stereocenters. The van der Waals surface area contributed by atoms with E-state index >= 15 is 0 Å². The zero-order valence-corrected chi connectivity index (χ0v) is 15.6. The van der Waals surface area contributed by atoms with Crippen LogP contribution in [0.25, 0.3) is 0 Å². The molecule has 2 aliphatic rings. The zero-order valence-electron chi connectivity index (χ0n) is 15.6. The Kier molecular flexibility index (Phi) is 6.95. The Labute approximate surface area is 159 Å². The molecule has 0 aromatic heterocycles. The summed E-state index contributed by atoms with van der Waals surface area (Å²) in [6.45, 7) is 0.958. The molecule has 0 spiro atoms. The van der Waals surface area contributed by atoms with Crippen LogP contribution in [0.15, 0.2) is 30.3 Å². The number of benzene rings is 1. The van der Waals surface area contributed by atoms with E-state index in [1.54, 1.807) is 4.90 Å². The van der Waals surface area contributed by atoms with E-state index < -0.39 is 5.91 Å². The first-order valence-corrected chi connectivity index (χ1v) is 9.72. The van der Waals surface area contributed by atoms with E-state index in [1.165, 1.54) is 5.56 Å². The van der Waals surface area contributed by atoms with Crippen LogP contribution >= 0.6 is 0 Å². The van der Waals surface area contributed by atoms with E-state index in [-0.39, 0.29) is 37.5 Å². The average molecular weight is 372 g/mol. The number of imide groups is 1. The lowest BCUT2D eigenvalue weighted by atomic mass is 10.1. The molecule has 0 aliphatic heterocycles. The number of nitrogens with zero attached hydrogens (tertiary/aromatic N) is 1. The molecule has 2 aliphatic carbocycles. The van der Waals surface area contributed by atoms with Gasteiger partial charge < -0.3 is 15.5 Å². The highest BCUT2D eigenvalue weighted by atomic mass is 16.2. The lowest BCUT2D eigenvalue weighted by Crippen LogP contribution is -2.48. The van der Waals surface area contributed by atoms with Crippen molar-refractivity contribution < 1.29 is 14.4 Å². The second-order valence-corrected chi connectivity index (χ2v) is 7.29. The van der Waals surface area contributed by atoms with Gasteiger partial charge in [-0.2, -0.15) is 0 Å². The Balaban J connectivity index is 1.32. The minimum absolute atomic E-state index is 0.0500. The predicted molar refractivity (Wildman–Crippen MR) is 102 cm³/mol. The van der Waals surface area contributed by atoms with Gasteiger partial charge in [-0.15, -0.1) is 0 Å². The maximum atomic E-state index is 12.3. The van der Waals surface area contributed by atoms with Gasteiger partial charge in [0.25, 0.3) is 0 Å². The lowest BCUT2D eigenvalue weighted by Gasteiger charge is -2.22. The van der Waals surface area contributed by atoms with Crippen molar-refractivity contribution in [3.8, 4) is 0 Å². The number of rotatable bonds is 11. The van der Waals surface area contributed by atoms with E-state index in [9.17, 15) is 14.4 Å². The van der Waals surface area contributed by atoms with Gasteiger partial charge >= 0.3 is 0 Å². The molecule has 1 aromatic rings. The van der Waals surface area contributed by atoms with Gasteiger partial charge in [0, 0.05) is 12.1 Å². The highest BCUT2D eigenvalue weighted by Gasteiger charge is 2.34. The predicted octanol–water partition coefficient (Wildman–Crippen LogP) is 0.205. The van der Waals surface area contributed by atoms with Crippen molar-refractivity contribution in [2.45, 2.75) is 44.2 Å². The summed E-state index contributed by atoms with van der Waals surface area (Å²) >= 11 is 0. The molecule has 0 atom stereocenters. The summed E-state index contributed by atoms with van der Waals surface area (Å²) in [6, 6.07) is 10.6. The minimum Gasteiger partial charge on any atom is -0.329 e.